The summed E-state index contributed by atoms with van der Waals surface area (Å²) in [6.45, 7) is 1.92. The number of hydrogen-bond acceptors (Lipinski definition) is 4. The molecule has 3 N–H and O–H groups in total. The zero-order valence-corrected chi connectivity index (χ0v) is 18.6. The van der Waals surface area contributed by atoms with Gasteiger partial charge < -0.3 is 4.74 Å². The van der Waals surface area contributed by atoms with E-state index < -0.39 is 22.1 Å². The molecule has 1 aromatic heterocycles. The first-order valence-corrected chi connectivity index (χ1v) is 10.4. The maximum Gasteiger partial charge on any atom is 0.417 e. The molecule has 1 aliphatic heterocycles. The Morgan fingerprint density at radius 1 is 1.15 bits per heavy atom. The van der Waals surface area contributed by atoms with Crippen LogP contribution in [0.5, 0.6) is 11.5 Å². The van der Waals surface area contributed by atoms with Gasteiger partial charge in [0.15, 0.2) is 0 Å². The number of quaternary nitrogens is 1. The van der Waals surface area contributed by atoms with Crippen LogP contribution in [-0.2, 0) is 11.0 Å². The van der Waals surface area contributed by atoms with Crippen molar-refractivity contribution in [3.05, 3.63) is 101 Å². The van der Waals surface area contributed by atoms with Crippen molar-refractivity contribution < 1.29 is 22.7 Å². The fraction of sp³-hybridized carbons (Fsp3) is 0.0833. The van der Waals surface area contributed by atoms with E-state index in [0.29, 0.717) is 23.4 Å². The van der Waals surface area contributed by atoms with E-state index in [9.17, 15) is 18.0 Å². The molecule has 3 aromatic rings. The number of aromatic nitrogens is 1. The Kier molecular flexibility index (Phi) is 6.18. The van der Waals surface area contributed by atoms with Gasteiger partial charge in [-0.2, -0.15) is 17.7 Å². The van der Waals surface area contributed by atoms with E-state index in [4.69, 9.17) is 22.2 Å². The lowest BCUT2D eigenvalue weighted by atomic mass is 10.1. The Balaban J connectivity index is 1.81. The molecule has 1 aliphatic rings. The van der Waals surface area contributed by atoms with Gasteiger partial charge in [-0.15, -0.1) is 0 Å². The second kappa shape index (κ2) is 8.94. The smallest absolute Gasteiger partial charge is 0.417 e. The minimum Gasteiger partial charge on any atom is -0.457 e. The lowest BCUT2D eigenvalue weighted by Crippen LogP contribution is -2.45. The van der Waals surface area contributed by atoms with Crippen LogP contribution in [0.15, 0.2) is 84.8 Å². The molecular formula is C24H19ClF3N4O2+. The number of ether oxygens (including phenoxy) is 1. The van der Waals surface area contributed by atoms with Crippen LogP contribution in [0.4, 0.5) is 24.7 Å². The van der Waals surface area contributed by atoms with E-state index in [1.54, 1.807) is 36.5 Å². The number of hydrazine groups is 1. The normalized spacial score (nSPS) is 17.4. The summed E-state index contributed by atoms with van der Waals surface area (Å²) in [7, 11) is 0. The van der Waals surface area contributed by atoms with Crippen molar-refractivity contribution in [1.29, 1.82) is 0 Å². The van der Waals surface area contributed by atoms with E-state index in [1.165, 1.54) is 6.08 Å². The molecule has 0 bridgehead atoms. The fourth-order valence-corrected chi connectivity index (χ4v) is 4.00. The predicted molar refractivity (Wildman–Crippen MR) is 123 cm³/mol. The quantitative estimate of drug-likeness (QED) is 0.203. The number of aryl methyl sites for hydroxylation is 1. The minimum absolute atomic E-state index is 0.00541. The van der Waals surface area contributed by atoms with E-state index in [-0.39, 0.29) is 16.5 Å². The number of amides is 1. The average molecular weight is 488 g/mol. The summed E-state index contributed by atoms with van der Waals surface area (Å²) in [4.78, 5) is 16.6. The van der Waals surface area contributed by atoms with Crippen LogP contribution < -0.4 is 20.5 Å². The van der Waals surface area contributed by atoms with Crippen molar-refractivity contribution in [1.82, 2.24) is 14.9 Å². The average Bonchev–Trinajstić information content (AvgIpc) is 3.25. The van der Waals surface area contributed by atoms with Gasteiger partial charge in [-0.1, -0.05) is 29.8 Å². The third kappa shape index (κ3) is 4.16. The van der Waals surface area contributed by atoms with Crippen molar-refractivity contribution in [2.45, 2.75) is 13.1 Å². The van der Waals surface area contributed by atoms with Crippen molar-refractivity contribution >= 4 is 29.0 Å². The highest BCUT2D eigenvalue weighted by Gasteiger charge is 2.46. The van der Waals surface area contributed by atoms with E-state index in [0.717, 1.165) is 11.6 Å². The third-order valence-corrected chi connectivity index (χ3v) is 5.63. The minimum atomic E-state index is -4.62. The van der Waals surface area contributed by atoms with Crippen LogP contribution in [0.25, 0.3) is 0 Å². The van der Waals surface area contributed by atoms with Crippen molar-refractivity contribution in [2.24, 2.45) is 5.84 Å². The molecule has 4 rings (SSSR count). The Labute approximate surface area is 198 Å². The summed E-state index contributed by atoms with van der Waals surface area (Å²) in [6, 6.07) is 15.0. The predicted octanol–water partition coefficient (Wildman–Crippen LogP) is 5.89. The summed E-state index contributed by atoms with van der Waals surface area (Å²) in [5, 5.41) is -0.266. The van der Waals surface area contributed by atoms with E-state index >= 15 is 0 Å². The standard InChI is InChI=1S/C24H18ClF3N4O2/c1-15-5-2-3-7-21(15)34-18-10-8-17(9-11-18)32(12-4-6-20(32)23(33)31-29)22-19(25)13-16(14-30-22)24(26,27)28/h2-14H,29H2,1H3/p+1. The second-order valence-electron chi connectivity index (χ2n) is 7.48. The largest absolute Gasteiger partial charge is 0.457 e. The van der Waals surface area contributed by atoms with Gasteiger partial charge in [-0.3, -0.25) is 10.2 Å². The van der Waals surface area contributed by atoms with Gasteiger partial charge in [0.05, 0.1) is 5.56 Å². The molecule has 10 heteroatoms. The third-order valence-electron chi connectivity index (χ3n) is 5.36. The highest BCUT2D eigenvalue weighted by Crippen LogP contribution is 2.46. The Morgan fingerprint density at radius 2 is 1.85 bits per heavy atom. The number of nitrogens with one attached hydrogen (secondary N) is 1. The molecule has 34 heavy (non-hydrogen) atoms. The number of para-hydroxylation sites is 1. The van der Waals surface area contributed by atoms with E-state index in [1.807, 2.05) is 31.2 Å². The lowest BCUT2D eigenvalue weighted by Gasteiger charge is -2.31. The number of nitrogens with two attached hydrogens (primary N) is 1. The number of hydrogen-bond donors (Lipinski definition) is 2. The van der Waals surface area contributed by atoms with Crippen LogP contribution in [-0.4, -0.2) is 10.9 Å². The molecule has 1 amide bonds. The highest BCUT2D eigenvalue weighted by molar-refractivity contribution is 6.33. The molecule has 0 saturated heterocycles. The molecule has 0 saturated carbocycles. The molecule has 0 fully saturated rings. The van der Waals surface area contributed by atoms with Crippen LogP contribution in [0.2, 0.25) is 5.02 Å². The molecule has 174 valence electrons. The van der Waals surface area contributed by atoms with Gasteiger partial charge in [0, 0.05) is 24.4 Å². The molecule has 0 radical (unpaired) electrons. The topological polar surface area (TPSA) is 77.2 Å². The first-order valence-electron chi connectivity index (χ1n) is 10.0. The Morgan fingerprint density at radius 3 is 2.47 bits per heavy atom. The summed E-state index contributed by atoms with van der Waals surface area (Å²) in [6.07, 6.45) is 0.723. The summed E-state index contributed by atoms with van der Waals surface area (Å²) >= 11 is 6.30. The molecular weight excluding hydrogens is 469 g/mol. The van der Waals surface area contributed by atoms with Crippen molar-refractivity contribution in [3.63, 3.8) is 0 Å². The SMILES string of the molecule is Cc1ccccc1Oc1ccc([N+]2(c3ncc(C(F)(F)F)cc3Cl)C=CC=C2C(=O)NN)cc1. The zero-order chi connectivity index (χ0) is 24.5. The molecule has 1 atom stereocenters. The number of carbonyl (C=O) groups is 1. The van der Waals surface area contributed by atoms with Crippen molar-refractivity contribution in [2.75, 3.05) is 0 Å². The molecule has 0 aliphatic carbocycles. The monoisotopic (exact) mass is 487 g/mol. The van der Waals surface area contributed by atoms with Gasteiger partial charge >= 0.3 is 12.1 Å². The second-order valence-corrected chi connectivity index (χ2v) is 7.89. The summed E-state index contributed by atoms with van der Waals surface area (Å²) < 4.78 is 45.0. The molecule has 2 aromatic carbocycles. The van der Waals surface area contributed by atoms with Gasteiger partial charge in [0.25, 0.3) is 5.82 Å². The molecule has 0 spiro atoms. The zero-order valence-electron chi connectivity index (χ0n) is 17.8. The number of nitrogens with zero attached hydrogens (tertiary/aromatic N) is 2. The molecule has 2 heterocycles. The number of allylic oxidation sites excluding steroid dienone is 2. The molecule has 6 nitrogen and oxygen atoms in total. The van der Waals surface area contributed by atoms with Gasteiger partial charge in [0.2, 0.25) is 5.70 Å². The molecule has 1 unspecified atom stereocenters. The van der Waals surface area contributed by atoms with Crippen LogP contribution in [0, 0.1) is 6.92 Å². The van der Waals surface area contributed by atoms with Crippen molar-refractivity contribution in [3.8, 4) is 11.5 Å². The number of alkyl halides is 3. The number of rotatable bonds is 5. The van der Waals surface area contributed by atoms with Crippen LogP contribution >= 0.6 is 11.6 Å². The van der Waals surface area contributed by atoms with E-state index in [2.05, 4.69) is 10.4 Å². The number of pyridine rings is 1. The fourth-order valence-electron chi connectivity index (χ4n) is 3.70. The highest BCUT2D eigenvalue weighted by atomic mass is 35.5. The number of benzene rings is 2. The van der Waals surface area contributed by atoms with Crippen LogP contribution in [0.1, 0.15) is 11.1 Å². The van der Waals surface area contributed by atoms with Crippen LogP contribution in [0.3, 0.4) is 0 Å². The lowest BCUT2D eigenvalue weighted by molar-refractivity contribution is -0.137. The first-order chi connectivity index (χ1) is 16.2. The Bertz CT molecular complexity index is 1310. The Hall–Kier alpha value is -3.66. The van der Waals surface area contributed by atoms with Gasteiger partial charge in [0.1, 0.15) is 28.4 Å². The number of carbonyl (C=O) groups excluding carboxylic acids is 1. The maximum absolute atomic E-state index is 13.2. The first kappa shape index (κ1) is 23.5. The maximum atomic E-state index is 13.2. The number of halogens is 4. The van der Waals surface area contributed by atoms with Gasteiger partial charge in [-0.25, -0.2) is 10.8 Å². The summed E-state index contributed by atoms with van der Waals surface area (Å²) in [5.41, 5.74) is 2.60. The van der Waals surface area contributed by atoms with Gasteiger partial charge in [-0.05, 0) is 42.8 Å². The summed E-state index contributed by atoms with van der Waals surface area (Å²) in [5.74, 6) is 5.93.